The fraction of sp³-hybridized carbons (Fsp3) is 0.440. The molecule has 0 aliphatic carbocycles. The summed E-state index contributed by atoms with van der Waals surface area (Å²) in [5, 5.41) is 0.596. The van der Waals surface area contributed by atoms with Crippen LogP contribution in [0.15, 0.2) is 47.4 Å². The summed E-state index contributed by atoms with van der Waals surface area (Å²) in [6.45, 7) is 2.41. The molecule has 2 aromatic carbocycles. The lowest BCUT2D eigenvalue weighted by molar-refractivity contribution is 0.0986. The highest BCUT2D eigenvalue weighted by molar-refractivity contribution is 7.89. The van der Waals surface area contributed by atoms with E-state index in [9.17, 15) is 13.2 Å². The second-order valence-electron chi connectivity index (χ2n) is 8.91. The molecule has 0 bridgehead atoms. The number of rotatable bonds is 9. The molecule has 0 radical (unpaired) electrons. The molecule has 0 saturated carbocycles. The van der Waals surface area contributed by atoms with Crippen LogP contribution in [0.1, 0.15) is 36.0 Å². The van der Waals surface area contributed by atoms with Crippen LogP contribution in [0.4, 0.5) is 5.13 Å². The monoisotopic (exact) mass is 552 g/mol. The number of halogens is 1. The van der Waals surface area contributed by atoms with Crippen molar-refractivity contribution in [1.29, 1.82) is 0 Å². The van der Waals surface area contributed by atoms with E-state index in [1.807, 2.05) is 32.3 Å². The summed E-state index contributed by atoms with van der Waals surface area (Å²) in [7, 11) is 2.05. The van der Waals surface area contributed by atoms with Gasteiger partial charge in [-0.2, -0.15) is 4.31 Å². The fourth-order valence-corrected chi connectivity index (χ4v) is 6.73. The van der Waals surface area contributed by atoms with E-state index in [0.717, 1.165) is 42.4 Å². The quantitative estimate of drug-likeness (QED) is 0.389. The second kappa shape index (κ2) is 12.3. The van der Waals surface area contributed by atoms with Crippen molar-refractivity contribution < 1.29 is 17.9 Å². The van der Waals surface area contributed by atoms with Crippen LogP contribution in [0.2, 0.25) is 0 Å². The fourth-order valence-electron chi connectivity index (χ4n) is 4.20. The number of amides is 1. The van der Waals surface area contributed by atoms with E-state index >= 15 is 0 Å². The molecular weight excluding hydrogens is 520 g/mol. The van der Waals surface area contributed by atoms with Crippen molar-refractivity contribution in [3.8, 4) is 5.75 Å². The Morgan fingerprint density at radius 1 is 1.06 bits per heavy atom. The average Bonchev–Trinajstić information content (AvgIpc) is 3.31. The third-order valence-corrected chi connectivity index (χ3v) is 9.06. The number of carbonyl (C=O) groups excluding carboxylic acids is 1. The van der Waals surface area contributed by atoms with E-state index in [4.69, 9.17) is 9.72 Å². The molecule has 1 aliphatic heterocycles. The van der Waals surface area contributed by atoms with E-state index in [2.05, 4.69) is 4.90 Å². The molecule has 11 heteroatoms. The molecular formula is C25H33ClN4O4S2. The van der Waals surface area contributed by atoms with Crippen LogP contribution in [0, 0.1) is 0 Å². The van der Waals surface area contributed by atoms with Crippen molar-refractivity contribution in [2.75, 3.05) is 52.3 Å². The molecule has 0 unspecified atom stereocenters. The number of para-hydroxylation sites is 1. The molecule has 0 atom stereocenters. The van der Waals surface area contributed by atoms with Crippen molar-refractivity contribution in [2.45, 2.75) is 30.6 Å². The minimum atomic E-state index is -3.55. The van der Waals surface area contributed by atoms with Gasteiger partial charge in [-0.1, -0.05) is 23.8 Å². The number of sulfonamides is 1. The van der Waals surface area contributed by atoms with Crippen LogP contribution in [-0.4, -0.2) is 75.9 Å². The molecule has 196 valence electrons. The number of aromatic nitrogens is 1. The van der Waals surface area contributed by atoms with Crippen LogP contribution in [0.25, 0.3) is 10.2 Å². The Balaban J connectivity index is 0.00000361. The molecule has 1 saturated heterocycles. The first-order valence-corrected chi connectivity index (χ1v) is 14.1. The number of carbonyl (C=O) groups is 1. The van der Waals surface area contributed by atoms with Crippen molar-refractivity contribution >= 4 is 55.0 Å². The number of methoxy groups -OCH3 is 1. The van der Waals surface area contributed by atoms with E-state index in [1.165, 1.54) is 27.8 Å². The summed E-state index contributed by atoms with van der Waals surface area (Å²) >= 11 is 1.44. The number of ether oxygens (including phenoxy) is 1. The number of fused-ring (bicyclic) bond motifs is 1. The lowest BCUT2D eigenvalue weighted by atomic mass is 10.2. The van der Waals surface area contributed by atoms with Crippen LogP contribution >= 0.6 is 23.7 Å². The minimum absolute atomic E-state index is 0. The van der Waals surface area contributed by atoms with E-state index < -0.39 is 10.0 Å². The zero-order valence-electron chi connectivity index (χ0n) is 20.8. The van der Waals surface area contributed by atoms with Gasteiger partial charge >= 0.3 is 0 Å². The maximum Gasteiger partial charge on any atom is 0.260 e. The van der Waals surface area contributed by atoms with Gasteiger partial charge in [0.25, 0.3) is 5.91 Å². The first kappa shape index (κ1) is 28.3. The number of nitrogens with zero attached hydrogens (tertiary/aromatic N) is 4. The topological polar surface area (TPSA) is 83.0 Å². The Morgan fingerprint density at radius 2 is 1.75 bits per heavy atom. The summed E-state index contributed by atoms with van der Waals surface area (Å²) in [6, 6.07) is 12.0. The summed E-state index contributed by atoms with van der Waals surface area (Å²) in [6.07, 6.45) is 3.59. The molecule has 36 heavy (non-hydrogen) atoms. The normalized spacial score (nSPS) is 14.6. The number of anilines is 1. The van der Waals surface area contributed by atoms with Gasteiger partial charge in [0.1, 0.15) is 11.3 Å². The smallest absolute Gasteiger partial charge is 0.260 e. The van der Waals surface area contributed by atoms with E-state index in [1.54, 1.807) is 24.1 Å². The number of hydrogen-bond acceptors (Lipinski definition) is 7. The number of hydrogen-bond donors (Lipinski definition) is 0. The van der Waals surface area contributed by atoms with Gasteiger partial charge in [0.2, 0.25) is 10.0 Å². The van der Waals surface area contributed by atoms with E-state index in [-0.39, 0.29) is 23.2 Å². The van der Waals surface area contributed by atoms with Gasteiger partial charge in [0.15, 0.2) is 5.13 Å². The van der Waals surface area contributed by atoms with Crippen molar-refractivity contribution in [1.82, 2.24) is 14.2 Å². The SMILES string of the molecule is COc1cccc2sc(N(CCCN(C)C)C(=O)c3ccc(S(=O)(=O)N4CCCCC4)cc3)nc12.Cl. The third-order valence-electron chi connectivity index (χ3n) is 6.11. The Hall–Kier alpha value is -2.24. The number of thiazole rings is 1. The highest BCUT2D eigenvalue weighted by Gasteiger charge is 2.27. The zero-order chi connectivity index (χ0) is 25.0. The predicted octanol–water partition coefficient (Wildman–Crippen LogP) is 4.50. The standard InChI is InChI=1S/C25H32N4O4S2.ClH/c1-27(2)15-8-18-29(25-26-23-21(33-3)9-7-10-22(23)34-25)24(30)19-11-13-20(14-12-19)35(31,32)28-16-5-4-6-17-28;/h7,9-14H,4-6,8,15-18H2,1-3H3;1H. The Labute approximate surface area is 223 Å². The van der Waals surface area contributed by atoms with Crippen LogP contribution in [-0.2, 0) is 10.0 Å². The maximum atomic E-state index is 13.6. The Bertz CT molecular complexity index is 1270. The van der Waals surface area contributed by atoms with Gasteiger partial charge in [-0.3, -0.25) is 9.69 Å². The first-order chi connectivity index (χ1) is 16.8. The van der Waals surface area contributed by atoms with Gasteiger partial charge in [-0.25, -0.2) is 13.4 Å². The van der Waals surface area contributed by atoms with Gasteiger partial charge in [0.05, 0.1) is 16.7 Å². The second-order valence-corrected chi connectivity index (χ2v) is 11.9. The molecule has 1 fully saturated rings. The largest absolute Gasteiger partial charge is 0.494 e. The lowest BCUT2D eigenvalue weighted by Gasteiger charge is -2.26. The summed E-state index contributed by atoms with van der Waals surface area (Å²) in [5.41, 5.74) is 1.15. The van der Waals surface area contributed by atoms with Crippen LogP contribution < -0.4 is 9.64 Å². The molecule has 0 spiro atoms. The average molecular weight is 553 g/mol. The maximum absolute atomic E-state index is 13.6. The van der Waals surface area contributed by atoms with Crippen LogP contribution in [0.5, 0.6) is 5.75 Å². The van der Waals surface area contributed by atoms with Crippen molar-refractivity contribution in [3.63, 3.8) is 0 Å². The molecule has 2 heterocycles. The van der Waals surface area contributed by atoms with Crippen molar-refractivity contribution in [3.05, 3.63) is 48.0 Å². The molecule has 1 amide bonds. The molecule has 3 aromatic rings. The van der Waals surface area contributed by atoms with E-state index in [0.29, 0.717) is 36.1 Å². The molecule has 1 aromatic heterocycles. The van der Waals surface area contributed by atoms with Crippen LogP contribution in [0.3, 0.4) is 0 Å². The Morgan fingerprint density at radius 3 is 2.39 bits per heavy atom. The first-order valence-electron chi connectivity index (χ1n) is 11.8. The predicted molar refractivity (Wildman–Crippen MR) is 147 cm³/mol. The summed E-state index contributed by atoms with van der Waals surface area (Å²) in [4.78, 5) is 22.3. The lowest BCUT2D eigenvalue weighted by Crippen LogP contribution is -2.35. The molecule has 8 nitrogen and oxygen atoms in total. The number of piperidine rings is 1. The zero-order valence-corrected chi connectivity index (χ0v) is 23.3. The van der Waals surface area contributed by atoms with Gasteiger partial charge in [-0.15, -0.1) is 12.4 Å². The molecule has 1 aliphatic rings. The van der Waals surface area contributed by atoms with Crippen molar-refractivity contribution in [2.24, 2.45) is 0 Å². The van der Waals surface area contributed by atoms with Gasteiger partial charge in [-0.05, 0) is 76.3 Å². The Kier molecular flexibility index (Phi) is 9.71. The number of benzene rings is 2. The van der Waals surface area contributed by atoms with Gasteiger partial charge in [0, 0.05) is 25.2 Å². The summed E-state index contributed by atoms with van der Waals surface area (Å²) in [5.74, 6) is 0.460. The molecule has 0 N–H and O–H groups in total. The summed E-state index contributed by atoms with van der Waals surface area (Å²) < 4.78 is 33.9. The highest BCUT2D eigenvalue weighted by atomic mass is 35.5. The minimum Gasteiger partial charge on any atom is -0.494 e. The molecule has 4 rings (SSSR count). The third kappa shape index (κ3) is 6.18. The highest BCUT2D eigenvalue weighted by Crippen LogP contribution is 2.35. The van der Waals surface area contributed by atoms with Gasteiger partial charge < -0.3 is 9.64 Å².